The smallest absolute Gasteiger partial charge is 0.0431 e. The molecule has 0 spiro atoms. The van der Waals surface area contributed by atoms with Crippen LogP contribution in [-0.2, 0) is 0 Å². The number of hydrogen-bond donors (Lipinski definition) is 2. The molecule has 0 aliphatic heterocycles. The van der Waals surface area contributed by atoms with E-state index in [1.54, 1.807) is 0 Å². The highest BCUT2D eigenvalue weighted by atomic mass is 15.2. The number of hydrazine groups is 1. The summed E-state index contributed by atoms with van der Waals surface area (Å²) in [5.74, 6) is 5.58. The van der Waals surface area contributed by atoms with Gasteiger partial charge in [-0.1, -0.05) is 11.6 Å². The average Bonchev–Trinajstić information content (AvgIpc) is 2.20. The molecule has 0 bridgehead atoms. The molecule has 14 heavy (non-hydrogen) atoms. The number of allylic oxidation sites excluding steroid dienone is 1. The zero-order chi connectivity index (χ0) is 10.4. The van der Waals surface area contributed by atoms with Crippen LogP contribution in [0.15, 0.2) is 11.6 Å². The van der Waals surface area contributed by atoms with E-state index in [2.05, 4.69) is 30.5 Å². The molecule has 0 fully saturated rings. The minimum atomic E-state index is 0.387. The van der Waals surface area contributed by atoms with Gasteiger partial charge >= 0.3 is 0 Å². The highest BCUT2D eigenvalue weighted by molar-refractivity contribution is 5.12. The molecule has 0 aromatic rings. The third kappa shape index (κ3) is 3.78. The summed E-state index contributed by atoms with van der Waals surface area (Å²) in [5, 5.41) is 0. The Bertz CT molecular complexity index is 187. The molecular weight excluding hydrogens is 174 g/mol. The lowest BCUT2D eigenvalue weighted by Gasteiger charge is -2.23. The van der Waals surface area contributed by atoms with Crippen LogP contribution in [0.25, 0.3) is 0 Å². The summed E-state index contributed by atoms with van der Waals surface area (Å²) in [6.07, 6.45) is 8.59. The van der Waals surface area contributed by atoms with Crippen molar-refractivity contribution in [2.24, 2.45) is 5.84 Å². The first-order valence-electron chi connectivity index (χ1n) is 5.54. The molecule has 0 saturated carbocycles. The summed E-state index contributed by atoms with van der Waals surface area (Å²) in [7, 11) is 4.20. The van der Waals surface area contributed by atoms with Crippen molar-refractivity contribution in [3.8, 4) is 0 Å². The zero-order valence-corrected chi connectivity index (χ0v) is 9.42. The zero-order valence-electron chi connectivity index (χ0n) is 9.42. The first-order valence-corrected chi connectivity index (χ1v) is 5.54. The predicted octanol–water partition coefficient (Wildman–Crippen LogP) is 1.27. The SMILES string of the molecule is CN(C)CCC(NN)C1=CCCCC1. The third-order valence-corrected chi connectivity index (χ3v) is 2.84. The van der Waals surface area contributed by atoms with E-state index < -0.39 is 0 Å². The van der Waals surface area contributed by atoms with Gasteiger partial charge in [0, 0.05) is 6.04 Å². The molecular formula is C11H23N3. The fraction of sp³-hybridized carbons (Fsp3) is 0.818. The van der Waals surface area contributed by atoms with Crippen LogP contribution in [0.5, 0.6) is 0 Å². The fourth-order valence-electron chi connectivity index (χ4n) is 1.94. The van der Waals surface area contributed by atoms with Crippen LogP contribution in [0, 0.1) is 0 Å². The maximum Gasteiger partial charge on any atom is 0.0431 e. The second kappa shape index (κ2) is 6.17. The summed E-state index contributed by atoms with van der Waals surface area (Å²) in [6, 6.07) is 0.387. The first kappa shape index (κ1) is 11.7. The summed E-state index contributed by atoms with van der Waals surface area (Å²) in [5.41, 5.74) is 4.45. The maximum atomic E-state index is 5.58. The van der Waals surface area contributed by atoms with Crippen molar-refractivity contribution in [3.63, 3.8) is 0 Å². The predicted molar refractivity (Wildman–Crippen MR) is 60.8 cm³/mol. The van der Waals surface area contributed by atoms with Crippen LogP contribution < -0.4 is 11.3 Å². The summed E-state index contributed by atoms with van der Waals surface area (Å²) >= 11 is 0. The molecule has 0 saturated heterocycles. The van der Waals surface area contributed by atoms with Crippen molar-refractivity contribution in [2.75, 3.05) is 20.6 Å². The molecule has 0 radical (unpaired) electrons. The number of nitrogens with zero attached hydrogens (tertiary/aromatic N) is 1. The van der Waals surface area contributed by atoms with Crippen molar-refractivity contribution >= 4 is 0 Å². The number of rotatable bonds is 5. The van der Waals surface area contributed by atoms with E-state index in [4.69, 9.17) is 5.84 Å². The van der Waals surface area contributed by atoms with Crippen molar-refractivity contribution < 1.29 is 0 Å². The topological polar surface area (TPSA) is 41.3 Å². The summed E-state index contributed by atoms with van der Waals surface area (Å²) in [4.78, 5) is 2.20. The number of hydrogen-bond acceptors (Lipinski definition) is 3. The van der Waals surface area contributed by atoms with Crippen molar-refractivity contribution in [3.05, 3.63) is 11.6 Å². The molecule has 1 aliphatic rings. The summed E-state index contributed by atoms with van der Waals surface area (Å²) in [6.45, 7) is 1.09. The lowest BCUT2D eigenvalue weighted by Crippen LogP contribution is -2.39. The number of nitrogens with one attached hydrogen (secondary N) is 1. The molecule has 0 heterocycles. The van der Waals surface area contributed by atoms with E-state index in [0.717, 1.165) is 13.0 Å². The highest BCUT2D eigenvalue weighted by Gasteiger charge is 2.14. The Labute approximate surface area is 87.3 Å². The first-order chi connectivity index (χ1) is 6.74. The van der Waals surface area contributed by atoms with E-state index in [1.807, 2.05) is 0 Å². The van der Waals surface area contributed by atoms with Gasteiger partial charge in [0.25, 0.3) is 0 Å². The Kier molecular flexibility index (Phi) is 5.15. The molecule has 1 unspecified atom stereocenters. The van der Waals surface area contributed by atoms with Crippen molar-refractivity contribution in [2.45, 2.75) is 38.1 Å². The second-order valence-corrected chi connectivity index (χ2v) is 4.34. The van der Waals surface area contributed by atoms with Gasteiger partial charge in [-0.25, -0.2) is 0 Å². The van der Waals surface area contributed by atoms with Crippen LogP contribution >= 0.6 is 0 Å². The minimum Gasteiger partial charge on any atom is -0.309 e. The lowest BCUT2D eigenvalue weighted by atomic mass is 9.92. The van der Waals surface area contributed by atoms with Gasteiger partial charge in [-0.05, 0) is 52.7 Å². The largest absolute Gasteiger partial charge is 0.309 e. The molecule has 0 amide bonds. The van der Waals surface area contributed by atoms with Crippen molar-refractivity contribution in [1.29, 1.82) is 0 Å². The van der Waals surface area contributed by atoms with Crippen LogP contribution in [0.1, 0.15) is 32.1 Å². The molecule has 3 N–H and O–H groups in total. The van der Waals surface area contributed by atoms with Gasteiger partial charge in [-0.15, -0.1) is 0 Å². The number of nitrogens with two attached hydrogens (primary N) is 1. The van der Waals surface area contributed by atoms with E-state index in [-0.39, 0.29) is 0 Å². The Morgan fingerprint density at radius 1 is 1.50 bits per heavy atom. The van der Waals surface area contributed by atoms with Gasteiger partial charge in [-0.3, -0.25) is 11.3 Å². The quantitative estimate of drug-likeness (QED) is 0.396. The fourth-order valence-corrected chi connectivity index (χ4v) is 1.94. The Morgan fingerprint density at radius 2 is 2.29 bits per heavy atom. The minimum absolute atomic E-state index is 0.387. The highest BCUT2D eigenvalue weighted by Crippen LogP contribution is 2.21. The van der Waals surface area contributed by atoms with Gasteiger partial charge < -0.3 is 4.90 Å². The molecule has 82 valence electrons. The normalized spacial score (nSPS) is 19.6. The van der Waals surface area contributed by atoms with E-state index >= 15 is 0 Å². The molecule has 0 aromatic heterocycles. The average molecular weight is 197 g/mol. The van der Waals surface area contributed by atoms with Gasteiger partial charge in [0.05, 0.1) is 0 Å². The Balaban J connectivity index is 2.39. The van der Waals surface area contributed by atoms with Gasteiger partial charge in [-0.2, -0.15) is 0 Å². The second-order valence-electron chi connectivity index (χ2n) is 4.34. The Hall–Kier alpha value is -0.380. The summed E-state index contributed by atoms with van der Waals surface area (Å²) < 4.78 is 0. The van der Waals surface area contributed by atoms with Gasteiger partial charge in [0.15, 0.2) is 0 Å². The van der Waals surface area contributed by atoms with Crippen molar-refractivity contribution in [1.82, 2.24) is 10.3 Å². The molecule has 1 aliphatic carbocycles. The van der Waals surface area contributed by atoms with Crippen LogP contribution in [-0.4, -0.2) is 31.6 Å². The van der Waals surface area contributed by atoms with Crippen LogP contribution in [0.3, 0.4) is 0 Å². The van der Waals surface area contributed by atoms with E-state index in [1.165, 1.54) is 31.3 Å². The molecule has 1 atom stereocenters. The third-order valence-electron chi connectivity index (χ3n) is 2.84. The van der Waals surface area contributed by atoms with Crippen LogP contribution in [0.4, 0.5) is 0 Å². The van der Waals surface area contributed by atoms with Gasteiger partial charge in [0.2, 0.25) is 0 Å². The monoisotopic (exact) mass is 197 g/mol. The van der Waals surface area contributed by atoms with E-state index in [0.29, 0.717) is 6.04 Å². The molecule has 3 heteroatoms. The van der Waals surface area contributed by atoms with E-state index in [9.17, 15) is 0 Å². The van der Waals surface area contributed by atoms with Gasteiger partial charge in [0.1, 0.15) is 0 Å². The maximum absolute atomic E-state index is 5.58. The molecule has 1 rings (SSSR count). The standard InChI is InChI=1S/C11H23N3/c1-14(2)9-8-11(13-12)10-6-4-3-5-7-10/h6,11,13H,3-5,7-9,12H2,1-2H3. The molecule has 0 aromatic carbocycles. The lowest BCUT2D eigenvalue weighted by molar-refractivity contribution is 0.369. The Morgan fingerprint density at radius 3 is 2.79 bits per heavy atom. The molecule has 3 nitrogen and oxygen atoms in total. The van der Waals surface area contributed by atoms with Crippen LogP contribution in [0.2, 0.25) is 0 Å².